The normalized spacial score (nSPS) is 21.9. The van der Waals surface area contributed by atoms with E-state index in [1.54, 1.807) is 23.4 Å². The molecule has 1 saturated heterocycles. The average Bonchev–Trinajstić information content (AvgIpc) is 3.25. The molecule has 1 saturated carbocycles. The third-order valence-electron chi connectivity index (χ3n) is 4.78. The van der Waals surface area contributed by atoms with Crippen molar-refractivity contribution in [2.24, 2.45) is 0 Å². The molecule has 27 heavy (non-hydrogen) atoms. The Morgan fingerprint density at radius 1 is 1.33 bits per heavy atom. The molecule has 2 aromatic rings. The molecule has 1 N–H and O–H groups in total. The number of aromatic nitrogens is 2. The highest BCUT2D eigenvalue weighted by Crippen LogP contribution is 2.28. The van der Waals surface area contributed by atoms with Gasteiger partial charge in [0.2, 0.25) is 5.91 Å². The fraction of sp³-hybridized carbons (Fsp3) is 0.474. The van der Waals surface area contributed by atoms with E-state index < -0.39 is 6.04 Å². The van der Waals surface area contributed by atoms with Crippen LogP contribution in [-0.4, -0.2) is 51.4 Å². The maximum Gasteiger partial charge on any atom is 0.266 e. The number of hydrogen-bond donors (Lipinski definition) is 1. The SMILES string of the molecule is Cc1nc(C)c(C(=O)N2C[C@@H](Oc3cccnc3)C[C@H]2C(=O)NC2CC2)s1. The number of amides is 2. The molecule has 7 nitrogen and oxygen atoms in total. The number of nitrogens with zero attached hydrogens (tertiary/aromatic N) is 3. The minimum atomic E-state index is -0.526. The lowest BCUT2D eigenvalue weighted by molar-refractivity contribution is -0.125. The lowest BCUT2D eigenvalue weighted by Crippen LogP contribution is -2.46. The maximum atomic E-state index is 13.1. The second-order valence-corrected chi connectivity index (χ2v) is 8.27. The molecule has 0 radical (unpaired) electrons. The molecule has 2 amide bonds. The second kappa shape index (κ2) is 7.26. The molecule has 0 aromatic carbocycles. The number of ether oxygens (including phenoxy) is 1. The number of aryl methyl sites for hydroxylation is 2. The van der Waals surface area contributed by atoms with Crippen molar-refractivity contribution in [2.75, 3.05) is 6.54 Å². The lowest BCUT2D eigenvalue weighted by Gasteiger charge is -2.23. The highest BCUT2D eigenvalue weighted by molar-refractivity contribution is 7.13. The van der Waals surface area contributed by atoms with E-state index in [0.717, 1.165) is 17.8 Å². The summed E-state index contributed by atoms with van der Waals surface area (Å²) in [4.78, 5) is 36.5. The van der Waals surface area contributed by atoms with Crippen molar-refractivity contribution in [1.82, 2.24) is 20.2 Å². The topological polar surface area (TPSA) is 84.4 Å². The smallest absolute Gasteiger partial charge is 0.266 e. The Balaban J connectivity index is 1.54. The van der Waals surface area contributed by atoms with Crippen LogP contribution < -0.4 is 10.1 Å². The fourth-order valence-corrected chi connectivity index (χ4v) is 4.23. The molecule has 8 heteroatoms. The number of carbonyl (C=O) groups excluding carboxylic acids is 2. The minimum absolute atomic E-state index is 0.0953. The number of hydrogen-bond acceptors (Lipinski definition) is 6. The van der Waals surface area contributed by atoms with Gasteiger partial charge in [-0.15, -0.1) is 11.3 Å². The van der Waals surface area contributed by atoms with E-state index in [-0.39, 0.29) is 24.0 Å². The first-order chi connectivity index (χ1) is 13.0. The van der Waals surface area contributed by atoms with Gasteiger partial charge in [0.05, 0.1) is 23.4 Å². The summed E-state index contributed by atoms with van der Waals surface area (Å²) in [6.45, 7) is 4.08. The molecular formula is C19H22N4O3S. The predicted molar refractivity (Wildman–Crippen MR) is 101 cm³/mol. The van der Waals surface area contributed by atoms with Gasteiger partial charge in [0.15, 0.2) is 0 Å². The molecule has 3 heterocycles. The Morgan fingerprint density at radius 2 is 2.15 bits per heavy atom. The van der Waals surface area contributed by atoms with Gasteiger partial charge in [-0.1, -0.05) is 0 Å². The number of likely N-dealkylation sites (tertiary alicyclic amines) is 1. The van der Waals surface area contributed by atoms with Crippen LogP contribution in [0.2, 0.25) is 0 Å². The Morgan fingerprint density at radius 3 is 2.78 bits per heavy atom. The van der Waals surface area contributed by atoms with Gasteiger partial charge in [0.25, 0.3) is 5.91 Å². The number of nitrogens with one attached hydrogen (secondary N) is 1. The monoisotopic (exact) mass is 386 g/mol. The summed E-state index contributed by atoms with van der Waals surface area (Å²) in [5.41, 5.74) is 0.709. The molecule has 2 aromatic heterocycles. The zero-order valence-electron chi connectivity index (χ0n) is 15.3. The molecule has 0 spiro atoms. The van der Waals surface area contributed by atoms with Crippen LogP contribution in [0.25, 0.3) is 0 Å². The first kappa shape index (κ1) is 17.9. The van der Waals surface area contributed by atoms with Gasteiger partial charge >= 0.3 is 0 Å². The van der Waals surface area contributed by atoms with Crippen LogP contribution in [0.5, 0.6) is 5.75 Å². The van der Waals surface area contributed by atoms with Gasteiger partial charge in [0, 0.05) is 18.7 Å². The van der Waals surface area contributed by atoms with Crippen LogP contribution >= 0.6 is 11.3 Å². The third kappa shape index (κ3) is 3.95. The molecule has 1 aliphatic carbocycles. The van der Waals surface area contributed by atoms with Gasteiger partial charge < -0.3 is 15.0 Å². The summed E-state index contributed by atoms with van der Waals surface area (Å²) in [5.74, 6) is 0.399. The lowest BCUT2D eigenvalue weighted by atomic mass is 10.1. The van der Waals surface area contributed by atoms with Crippen molar-refractivity contribution in [3.05, 3.63) is 40.1 Å². The highest BCUT2D eigenvalue weighted by Gasteiger charge is 2.43. The summed E-state index contributed by atoms with van der Waals surface area (Å²) in [7, 11) is 0. The first-order valence-electron chi connectivity index (χ1n) is 9.13. The van der Waals surface area contributed by atoms with Crippen LogP contribution in [0.3, 0.4) is 0 Å². The van der Waals surface area contributed by atoms with Crippen molar-refractivity contribution < 1.29 is 14.3 Å². The highest BCUT2D eigenvalue weighted by atomic mass is 32.1. The number of pyridine rings is 1. The van der Waals surface area contributed by atoms with Gasteiger partial charge in [-0.25, -0.2) is 4.98 Å². The van der Waals surface area contributed by atoms with Crippen LogP contribution in [0, 0.1) is 13.8 Å². The molecule has 0 bridgehead atoms. The molecule has 0 unspecified atom stereocenters. The van der Waals surface area contributed by atoms with Crippen molar-refractivity contribution in [3.8, 4) is 5.75 Å². The molecule has 2 atom stereocenters. The van der Waals surface area contributed by atoms with Crippen LogP contribution in [-0.2, 0) is 4.79 Å². The zero-order valence-corrected chi connectivity index (χ0v) is 16.2. The van der Waals surface area contributed by atoms with Crippen molar-refractivity contribution >= 4 is 23.2 Å². The Hall–Kier alpha value is -2.48. The van der Waals surface area contributed by atoms with Gasteiger partial charge in [0.1, 0.15) is 22.8 Å². The van der Waals surface area contributed by atoms with Crippen LogP contribution in [0.1, 0.15) is 39.6 Å². The minimum Gasteiger partial charge on any atom is -0.487 e. The van der Waals surface area contributed by atoms with Crippen LogP contribution in [0.4, 0.5) is 0 Å². The van der Waals surface area contributed by atoms with E-state index in [1.807, 2.05) is 19.9 Å². The standard InChI is InChI=1S/C19H22N4O3S/c1-11-17(27-12(2)21-11)19(25)23-10-15(26-14-4-3-7-20-9-14)8-16(23)18(24)22-13-5-6-13/h3-4,7,9,13,15-16H,5-6,8,10H2,1-2H3,(H,22,24)/t15-,16-/m0/s1. The van der Waals surface area contributed by atoms with Crippen molar-refractivity contribution in [1.29, 1.82) is 0 Å². The maximum absolute atomic E-state index is 13.1. The molecule has 142 valence electrons. The van der Waals surface area contributed by atoms with E-state index in [2.05, 4.69) is 15.3 Å². The molecule has 2 aliphatic rings. The Bertz CT molecular complexity index is 850. The summed E-state index contributed by atoms with van der Waals surface area (Å²) < 4.78 is 5.98. The number of thiazole rings is 1. The molecule has 1 aliphatic heterocycles. The van der Waals surface area contributed by atoms with Crippen molar-refractivity contribution in [2.45, 2.75) is 51.3 Å². The summed E-state index contributed by atoms with van der Waals surface area (Å²) in [6, 6.07) is 3.35. The second-order valence-electron chi connectivity index (χ2n) is 7.07. The first-order valence-corrected chi connectivity index (χ1v) is 9.95. The van der Waals surface area contributed by atoms with Gasteiger partial charge in [-0.2, -0.15) is 0 Å². The van der Waals surface area contributed by atoms with Crippen molar-refractivity contribution in [3.63, 3.8) is 0 Å². The summed E-state index contributed by atoms with van der Waals surface area (Å²) in [5, 5.41) is 3.87. The summed E-state index contributed by atoms with van der Waals surface area (Å²) >= 11 is 1.37. The molecular weight excluding hydrogens is 364 g/mol. The zero-order chi connectivity index (χ0) is 19.0. The number of rotatable bonds is 5. The Kier molecular flexibility index (Phi) is 4.82. The van der Waals surface area contributed by atoms with E-state index in [0.29, 0.717) is 29.3 Å². The van der Waals surface area contributed by atoms with Gasteiger partial charge in [-0.05, 0) is 38.8 Å². The van der Waals surface area contributed by atoms with E-state index in [1.165, 1.54) is 11.3 Å². The van der Waals surface area contributed by atoms with E-state index in [4.69, 9.17) is 4.74 Å². The quantitative estimate of drug-likeness (QED) is 0.851. The molecule has 2 fully saturated rings. The summed E-state index contributed by atoms with van der Waals surface area (Å²) in [6.07, 6.45) is 5.56. The average molecular weight is 386 g/mol. The van der Waals surface area contributed by atoms with Gasteiger partial charge in [-0.3, -0.25) is 14.6 Å². The predicted octanol–water partition coefficient (Wildman–Crippen LogP) is 2.10. The Labute approximate surface area is 161 Å². The van der Waals surface area contributed by atoms with E-state index >= 15 is 0 Å². The fourth-order valence-electron chi connectivity index (χ4n) is 3.35. The molecule has 4 rings (SSSR count). The van der Waals surface area contributed by atoms with Crippen LogP contribution in [0.15, 0.2) is 24.5 Å². The third-order valence-corrected chi connectivity index (χ3v) is 5.85. The largest absolute Gasteiger partial charge is 0.487 e. The van der Waals surface area contributed by atoms with E-state index in [9.17, 15) is 9.59 Å². The number of carbonyl (C=O) groups is 2.